The molecule has 2 nitrogen and oxygen atoms in total. The lowest BCUT2D eigenvalue weighted by Gasteiger charge is -2.34. The molecule has 0 N–H and O–H groups in total. The van der Waals surface area contributed by atoms with Gasteiger partial charge in [-0.2, -0.15) is 0 Å². The van der Waals surface area contributed by atoms with Crippen molar-refractivity contribution in [1.82, 2.24) is 4.90 Å². The van der Waals surface area contributed by atoms with Crippen molar-refractivity contribution >= 4 is 44.8 Å². The number of rotatable bonds is 1. The lowest BCUT2D eigenvalue weighted by Crippen LogP contribution is -2.43. The van der Waals surface area contributed by atoms with Gasteiger partial charge in [0.15, 0.2) is 0 Å². The van der Waals surface area contributed by atoms with Crippen LogP contribution in [-0.2, 0) is 0 Å². The first-order chi connectivity index (χ1) is 7.59. The summed E-state index contributed by atoms with van der Waals surface area (Å²) < 4.78 is 0. The van der Waals surface area contributed by atoms with Gasteiger partial charge < -0.3 is 4.90 Å². The zero-order valence-electron chi connectivity index (χ0n) is 8.95. The number of thiophene rings is 1. The van der Waals surface area contributed by atoms with E-state index in [1.807, 2.05) is 10.3 Å². The van der Waals surface area contributed by atoms with Crippen molar-refractivity contribution in [2.75, 3.05) is 13.1 Å². The zero-order valence-corrected chi connectivity index (χ0v) is 12.1. The molecule has 1 saturated heterocycles. The molecule has 2 heterocycles. The highest BCUT2D eigenvalue weighted by atomic mass is 79.9. The van der Waals surface area contributed by atoms with Crippen molar-refractivity contribution in [2.45, 2.75) is 18.2 Å². The van der Waals surface area contributed by atoms with Crippen LogP contribution < -0.4 is 0 Å². The van der Waals surface area contributed by atoms with Crippen molar-refractivity contribution in [3.8, 4) is 0 Å². The van der Waals surface area contributed by atoms with E-state index in [0.29, 0.717) is 20.6 Å². The fourth-order valence-electron chi connectivity index (χ4n) is 1.80. The smallest absolute Gasteiger partial charge is 0.265 e. The Morgan fingerprint density at radius 2 is 2.44 bits per heavy atom. The average Bonchev–Trinajstić information content (AvgIpc) is 2.67. The van der Waals surface area contributed by atoms with Crippen LogP contribution in [0.2, 0.25) is 5.02 Å². The molecule has 16 heavy (non-hydrogen) atoms. The molecule has 1 fully saturated rings. The van der Waals surface area contributed by atoms with Crippen LogP contribution in [0.25, 0.3) is 0 Å². The Morgan fingerprint density at radius 3 is 3.00 bits per heavy atom. The quantitative estimate of drug-likeness (QED) is 0.723. The van der Waals surface area contributed by atoms with Crippen LogP contribution in [0.3, 0.4) is 0 Å². The molecule has 2 rings (SSSR count). The zero-order chi connectivity index (χ0) is 11.7. The molecule has 2 unspecified atom stereocenters. The summed E-state index contributed by atoms with van der Waals surface area (Å²) >= 11 is 11.0. The van der Waals surface area contributed by atoms with Crippen LogP contribution in [0.1, 0.15) is 23.0 Å². The first-order valence-electron chi connectivity index (χ1n) is 5.26. The predicted molar refractivity (Wildman–Crippen MR) is 71.7 cm³/mol. The fourth-order valence-corrected chi connectivity index (χ4v) is 3.51. The fraction of sp³-hybridized carbons (Fsp3) is 0.545. The standard InChI is InChI=1S/C11H13BrClNOS/c1-7-2-4-14(6-8(7)12)11(15)10-9(13)3-5-16-10/h3,5,7-8H,2,4,6H2,1H3. The summed E-state index contributed by atoms with van der Waals surface area (Å²) in [4.78, 5) is 15.1. The Kier molecular flexibility index (Phi) is 3.93. The summed E-state index contributed by atoms with van der Waals surface area (Å²) in [5.41, 5.74) is 0. The summed E-state index contributed by atoms with van der Waals surface area (Å²) in [5, 5.41) is 2.42. The lowest BCUT2D eigenvalue weighted by molar-refractivity contribution is 0.0711. The Balaban J connectivity index is 2.09. The Bertz CT molecular complexity index is 395. The topological polar surface area (TPSA) is 20.3 Å². The molecule has 0 spiro atoms. The molecule has 88 valence electrons. The molecular formula is C11H13BrClNOS. The van der Waals surface area contributed by atoms with Crippen molar-refractivity contribution in [2.24, 2.45) is 5.92 Å². The van der Waals surface area contributed by atoms with Gasteiger partial charge in [-0.1, -0.05) is 34.5 Å². The van der Waals surface area contributed by atoms with Crippen LogP contribution >= 0.6 is 38.9 Å². The minimum Gasteiger partial charge on any atom is -0.337 e. The molecule has 1 aromatic rings. The number of likely N-dealkylation sites (tertiary alicyclic amines) is 1. The normalized spacial score (nSPS) is 25.8. The summed E-state index contributed by atoms with van der Waals surface area (Å²) in [6, 6.07) is 1.78. The van der Waals surface area contributed by atoms with Crippen LogP contribution in [0.5, 0.6) is 0 Å². The van der Waals surface area contributed by atoms with Gasteiger partial charge in [0.1, 0.15) is 4.88 Å². The van der Waals surface area contributed by atoms with E-state index in [9.17, 15) is 4.79 Å². The SMILES string of the molecule is CC1CCN(C(=O)c2sccc2Cl)CC1Br. The van der Waals surface area contributed by atoms with Crippen molar-refractivity contribution in [3.05, 3.63) is 21.3 Å². The van der Waals surface area contributed by atoms with E-state index in [-0.39, 0.29) is 5.91 Å². The number of piperidine rings is 1. The Morgan fingerprint density at radius 1 is 1.69 bits per heavy atom. The van der Waals surface area contributed by atoms with E-state index >= 15 is 0 Å². The van der Waals surface area contributed by atoms with Gasteiger partial charge in [-0.3, -0.25) is 4.79 Å². The third-order valence-corrected chi connectivity index (χ3v) is 5.49. The average molecular weight is 323 g/mol. The second-order valence-electron chi connectivity index (χ2n) is 4.13. The minimum atomic E-state index is 0.0661. The molecule has 0 bridgehead atoms. The second-order valence-corrected chi connectivity index (χ2v) is 6.63. The van der Waals surface area contributed by atoms with E-state index < -0.39 is 0 Å². The van der Waals surface area contributed by atoms with Crippen LogP contribution in [0.15, 0.2) is 11.4 Å². The third kappa shape index (κ3) is 2.44. The molecule has 5 heteroatoms. The third-order valence-electron chi connectivity index (χ3n) is 2.97. The van der Waals surface area contributed by atoms with Gasteiger partial charge in [0, 0.05) is 17.9 Å². The second kappa shape index (κ2) is 5.07. The van der Waals surface area contributed by atoms with Gasteiger partial charge in [-0.05, 0) is 23.8 Å². The van der Waals surface area contributed by atoms with E-state index in [2.05, 4.69) is 22.9 Å². The molecule has 0 radical (unpaired) electrons. The monoisotopic (exact) mass is 321 g/mol. The predicted octanol–water partition coefficient (Wildman–Crippen LogP) is 3.65. The Labute approximate surface area is 113 Å². The highest BCUT2D eigenvalue weighted by Gasteiger charge is 2.28. The van der Waals surface area contributed by atoms with Gasteiger partial charge in [-0.25, -0.2) is 0 Å². The molecule has 1 aliphatic rings. The number of amides is 1. The largest absolute Gasteiger partial charge is 0.337 e. The molecular weight excluding hydrogens is 310 g/mol. The number of hydrogen-bond donors (Lipinski definition) is 0. The Hall–Kier alpha value is -0.0600. The van der Waals surface area contributed by atoms with Gasteiger partial charge in [-0.15, -0.1) is 11.3 Å². The molecule has 2 atom stereocenters. The van der Waals surface area contributed by atoms with Crippen LogP contribution in [0, 0.1) is 5.92 Å². The minimum absolute atomic E-state index is 0.0661. The number of hydrogen-bond acceptors (Lipinski definition) is 2. The first kappa shape index (κ1) is 12.4. The summed E-state index contributed by atoms with van der Waals surface area (Å²) in [7, 11) is 0. The molecule has 1 aromatic heterocycles. The van der Waals surface area contributed by atoms with Crippen molar-refractivity contribution in [3.63, 3.8) is 0 Å². The summed E-state index contributed by atoms with van der Waals surface area (Å²) in [5.74, 6) is 0.694. The van der Waals surface area contributed by atoms with Gasteiger partial charge in [0.2, 0.25) is 0 Å². The number of carbonyl (C=O) groups is 1. The van der Waals surface area contributed by atoms with Crippen LogP contribution in [0.4, 0.5) is 0 Å². The van der Waals surface area contributed by atoms with Crippen LogP contribution in [-0.4, -0.2) is 28.7 Å². The maximum atomic E-state index is 12.2. The number of nitrogens with zero attached hydrogens (tertiary/aromatic N) is 1. The molecule has 0 saturated carbocycles. The van der Waals surface area contributed by atoms with E-state index in [1.165, 1.54) is 11.3 Å². The summed E-state index contributed by atoms with van der Waals surface area (Å²) in [6.07, 6.45) is 1.05. The number of alkyl halides is 1. The molecule has 0 aliphatic carbocycles. The lowest BCUT2D eigenvalue weighted by atomic mass is 9.99. The number of halogens is 2. The van der Waals surface area contributed by atoms with E-state index in [1.54, 1.807) is 6.07 Å². The van der Waals surface area contributed by atoms with Gasteiger partial charge >= 0.3 is 0 Å². The molecule has 0 aromatic carbocycles. The first-order valence-corrected chi connectivity index (χ1v) is 7.43. The highest BCUT2D eigenvalue weighted by Crippen LogP contribution is 2.28. The van der Waals surface area contributed by atoms with Gasteiger partial charge in [0.25, 0.3) is 5.91 Å². The molecule has 1 aliphatic heterocycles. The van der Waals surface area contributed by atoms with E-state index in [4.69, 9.17) is 11.6 Å². The van der Waals surface area contributed by atoms with Crippen molar-refractivity contribution < 1.29 is 4.79 Å². The molecule has 1 amide bonds. The van der Waals surface area contributed by atoms with Crippen molar-refractivity contribution in [1.29, 1.82) is 0 Å². The van der Waals surface area contributed by atoms with Gasteiger partial charge in [0.05, 0.1) is 5.02 Å². The maximum Gasteiger partial charge on any atom is 0.265 e. The highest BCUT2D eigenvalue weighted by molar-refractivity contribution is 9.09. The van der Waals surface area contributed by atoms with E-state index in [0.717, 1.165) is 19.5 Å². The number of carbonyl (C=O) groups excluding carboxylic acids is 1. The maximum absolute atomic E-state index is 12.2. The summed E-state index contributed by atoms with van der Waals surface area (Å²) in [6.45, 7) is 3.81.